The lowest BCUT2D eigenvalue weighted by molar-refractivity contribution is -0.139. The number of hydrogen-bond acceptors (Lipinski definition) is 4. The smallest absolute Gasteiger partial charge is 0.321 e. The van der Waals surface area contributed by atoms with Crippen LogP contribution in [0.3, 0.4) is 0 Å². The molecule has 0 saturated heterocycles. The summed E-state index contributed by atoms with van der Waals surface area (Å²) in [5.74, 6) is -0.135. The number of aliphatic carboxylic acids is 1. The number of thioether (sulfide) groups is 1. The maximum absolute atomic E-state index is 10.8. The zero-order valence-electron chi connectivity index (χ0n) is 8.77. The lowest BCUT2D eigenvalue weighted by Crippen LogP contribution is -2.46. The molecule has 84 valence electrons. The first-order valence-electron chi connectivity index (χ1n) is 4.58. The summed E-state index contributed by atoms with van der Waals surface area (Å²) >= 11 is 3.25. The van der Waals surface area contributed by atoms with E-state index in [0.717, 1.165) is 5.75 Å². The molecule has 0 spiro atoms. The molecule has 15 heavy (non-hydrogen) atoms. The Morgan fingerprint density at radius 3 is 2.87 bits per heavy atom. The number of carbonyl (C=O) groups is 1. The van der Waals surface area contributed by atoms with Crippen molar-refractivity contribution in [3.8, 4) is 0 Å². The molecular formula is C10H15NO2S2. The van der Waals surface area contributed by atoms with Crippen molar-refractivity contribution in [2.45, 2.75) is 30.4 Å². The summed E-state index contributed by atoms with van der Waals surface area (Å²) in [6.45, 7) is 3.73. The first-order chi connectivity index (χ1) is 6.93. The van der Waals surface area contributed by atoms with Crippen LogP contribution in [0.1, 0.15) is 18.7 Å². The Labute approximate surface area is 97.7 Å². The summed E-state index contributed by atoms with van der Waals surface area (Å²) in [5.41, 5.74) is 5.62. The minimum Gasteiger partial charge on any atom is -0.480 e. The molecule has 0 saturated carbocycles. The highest BCUT2D eigenvalue weighted by Crippen LogP contribution is 2.31. The molecule has 0 aliphatic rings. The normalized spacial score (nSPS) is 13.8. The van der Waals surface area contributed by atoms with Gasteiger partial charge < -0.3 is 10.8 Å². The summed E-state index contributed by atoms with van der Waals surface area (Å²) in [4.78, 5) is 12.0. The third kappa shape index (κ3) is 3.52. The highest BCUT2D eigenvalue weighted by Gasteiger charge is 2.32. The number of nitrogens with two attached hydrogens (primary N) is 1. The van der Waals surface area contributed by atoms with Crippen molar-refractivity contribution in [2.24, 2.45) is 5.73 Å². The van der Waals surface area contributed by atoms with Crippen LogP contribution in [-0.2, 0) is 10.5 Å². The molecule has 1 aromatic heterocycles. The first-order valence-corrected chi connectivity index (χ1v) is 6.45. The summed E-state index contributed by atoms with van der Waals surface area (Å²) < 4.78 is -0.449. The molecule has 5 heteroatoms. The van der Waals surface area contributed by atoms with Crippen molar-refractivity contribution in [1.29, 1.82) is 0 Å². The Balaban J connectivity index is 2.53. The number of carboxylic acids is 1. The van der Waals surface area contributed by atoms with Gasteiger partial charge >= 0.3 is 5.97 Å². The summed E-state index contributed by atoms with van der Waals surface area (Å²) in [6.07, 6.45) is 0. The van der Waals surface area contributed by atoms with Gasteiger partial charge in [-0.1, -0.05) is 6.07 Å². The summed E-state index contributed by atoms with van der Waals surface area (Å²) in [6, 6.07) is 3.20. The number of hydrogen-bond donors (Lipinski definition) is 2. The van der Waals surface area contributed by atoms with Crippen LogP contribution >= 0.6 is 23.1 Å². The van der Waals surface area contributed by atoms with Gasteiger partial charge in [0, 0.05) is 15.4 Å². The molecule has 1 heterocycles. The van der Waals surface area contributed by atoms with Crippen LogP contribution in [0, 0.1) is 0 Å². The fraction of sp³-hybridized carbons (Fsp3) is 0.500. The van der Waals surface area contributed by atoms with Crippen LogP contribution in [0.4, 0.5) is 0 Å². The van der Waals surface area contributed by atoms with Gasteiger partial charge in [-0.2, -0.15) is 0 Å². The van der Waals surface area contributed by atoms with Crippen LogP contribution in [-0.4, -0.2) is 21.9 Å². The second-order valence-corrected chi connectivity index (χ2v) is 6.45. The third-order valence-electron chi connectivity index (χ3n) is 2.18. The predicted molar refractivity (Wildman–Crippen MR) is 65.3 cm³/mol. The van der Waals surface area contributed by atoms with E-state index in [1.165, 1.54) is 4.88 Å². The lowest BCUT2D eigenvalue weighted by Gasteiger charge is -2.27. The Morgan fingerprint density at radius 1 is 1.73 bits per heavy atom. The monoisotopic (exact) mass is 245 g/mol. The van der Waals surface area contributed by atoms with E-state index in [-0.39, 0.29) is 0 Å². The van der Waals surface area contributed by atoms with Gasteiger partial charge in [0.25, 0.3) is 0 Å². The van der Waals surface area contributed by atoms with Crippen LogP contribution in [0.5, 0.6) is 0 Å². The van der Waals surface area contributed by atoms with Crippen molar-refractivity contribution in [3.05, 3.63) is 22.4 Å². The second kappa shape index (κ2) is 5.01. The zero-order chi connectivity index (χ0) is 11.5. The molecule has 1 atom stereocenters. The topological polar surface area (TPSA) is 63.3 Å². The van der Waals surface area contributed by atoms with Crippen molar-refractivity contribution in [2.75, 3.05) is 0 Å². The molecule has 0 aliphatic carbocycles. The molecule has 0 fully saturated rings. The molecule has 0 aliphatic heterocycles. The van der Waals surface area contributed by atoms with E-state index in [1.54, 1.807) is 23.1 Å². The first kappa shape index (κ1) is 12.5. The van der Waals surface area contributed by atoms with E-state index < -0.39 is 16.8 Å². The molecule has 0 aromatic carbocycles. The predicted octanol–water partition coefficient (Wildman–Crippen LogP) is 2.17. The second-order valence-electron chi connectivity index (χ2n) is 3.79. The van der Waals surface area contributed by atoms with Crippen LogP contribution in [0.25, 0.3) is 0 Å². The Kier molecular flexibility index (Phi) is 4.19. The number of carboxylic acid groups (broad SMARTS) is 1. The minimum absolute atomic E-state index is 0.449. The largest absolute Gasteiger partial charge is 0.480 e. The minimum atomic E-state index is -0.946. The van der Waals surface area contributed by atoms with Crippen molar-refractivity contribution >= 4 is 29.1 Å². The van der Waals surface area contributed by atoms with Gasteiger partial charge in [-0.25, -0.2) is 0 Å². The van der Waals surface area contributed by atoms with E-state index in [0.29, 0.717) is 0 Å². The molecule has 1 aromatic rings. The quantitative estimate of drug-likeness (QED) is 0.834. The van der Waals surface area contributed by atoms with Gasteiger partial charge in [-0.15, -0.1) is 23.1 Å². The van der Waals surface area contributed by atoms with Crippen molar-refractivity contribution < 1.29 is 9.90 Å². The van der Waals surface area contributed by atoms with Gasteiger partial charge in [0.15, 0.2) is 0 Å². The average molecular weight is 245 g/mol. The Morgan fingerprint density at radius 2 is 2.40 bits per heavy atom. The fourth-order valence-corrected chi connectivity index (χ4v) is 2.87. The van der Waals surface area contributed by atoms with E-state index in [4.69, 9.17) is 10.8 Å². The van der Waals surface area contributed by atoms with Gasteiger partial charge in [-0.05, 0) is 25.3 Å². The molecule has 0 unspecified atom stereocenters. The highest BCUT2D eigenvalue weighted by molar-refractivity contribution is 8.00. The zero-order valence-corrected chi connectivity index (χ0v) is 10.4. The highest BCUT2D eigenvalue weighted by atomic mass is 32.2. The lowest BCUT2D eigenvalue weighted by atomic mass is 10.1. The summed E-state index contributed by atoms with van der Waals surface area (Å²) in [7, 11) is 0. The van der Waals surface area contributed by atoms with Crippen molar-refractivity contribution in [1.82, 2.24) is 0 Å². The van der Waals surface area contributed by atoms with Crippen molar-refractivity contribution in [3.63, 3.8) is 0 Å². The maximum atomic E-state index is 10.8. The molecule has 0 radical (unpaired) electrons. The SMILES string of the molecule is CC(C)(SCc1cccs1)[C@@H](N)C(=O)O. The van der Waals surface area contributed by atoms with Crippen LogP contribution < -0.4 is 5.73 Å². The number of thiophene rings is 1. The van der Waals surface area contributed by atoms with Gasteiger partial charge in [-0.3, -0.25) is 4.79 Å². The van der Waals surface area contributed by atoms with Gasteiger partial charge in [0.05, 0.1) is 0 Å². The molecule has 3 N–H and O–H groups in total. The standard InChI is InChI=1S/C10H15NO2S2/c1-10(2,8(11)9(12)13)15-6-7-4-3-5-14-7/h3-5,8H,6,11H2,1-2H3,(H,12,13)/t8-/m0/s1. The molecular weight excluding hydrogens is 230 g/mol. The van der Waals surface area contributed by atoms with Gasteiger partial charge in [0.1, 0.15) is 6.04 Å². The Bertz CT molecular complexity index is 322. The fourth-order valence-electron chi connectivity index (χ4n) is 1.04. The van der Waals surface area contributed by atoms with E-state index in [1.807, 2.05) is 31.4 Å². The third-order valence-corrected chi connectivity index (χ3v) is 4.69. The van der Waals surface area contributed by atoms with E-state index >= 15 is 0 Å². The Hall–Kier alpha value is -0.520. The van der Waals surface area contributed by atoms with E-state index in [9.17, 15) is 4.79 Å². The van der Waals surface area contributed by atoms with E-state index in [2.05, 4.69) is 0 Å². The molecule has 1 rings (SSSR count). The van der Waals surface area contributed by atoms with Crippen LogP contribution in [0.15, 0.2) is 17.5 Å². The molecule has 3 nitrogen and oxygen atoms in total. The maximum Gasteiger partial charge on any atom is 0.321 e. The number of rotatable bonds is 5. The molecule has 0 bridgehead atoms. The van der Waals surface area contributed by atoms with Crippen LogP contribution in [0.2, 0.25) is 0 Å². The summed E-state index contributed by atoms with van der Waals surface area (Å²) in [5, 5.41) is 10.9. The average Bonchev–Trinajstić information content (AvgIpc) is 2.66. The van der Waals surface area contributed by atoms with Gasteiger partial charge in [0.2, 0.25) is 0 Å². The molecule has 0 amide bonds.